The molecule has 2 aromatic heterocycles. The van der Waals surface area contributed by atoms with Crippen molar-refractivity contribution in [2.45, 2.75) is 12.8 Å². The highest BCUT2D eigenvalue weighted by Crippen LogP contribution is 2.28. The number of anilines is 2. The number of methoxy groups -OCH3 is 1. The molecule has 5 rings (SSSR count). The van der Waals surface area contributed by atoms with Crippen molar-refractivity contribution >= 4 is 38.4 Å². The maximum atomic E-state index is 12.7. The van der Waals surface area contributed by atoms with Gasteiger partial charge in [0.2, 0.25) is 5.91 Å². The first kappa shape index (κ1) is 20.4. The molecule has 0 saturated carbocycles. The van der Waals surface area contributed by atoms with E-state index in [4.69, 9.17) is 4.74 Å². The molecule has 1 fully saturated rings. The molecule has 32 heavy (non-hydrogen) atoms. The van der Waals surface area contributed by atoms with Crippen LogP contribution in [0.1, 0.15) is 12.8 Å². The van der Waals surface area contributed by atoms with E-state index in [0.29, 0.717) is 5.13 Å². The van der Waals surface area contributed by atoms with Crippen LogP contribution in [0.15, 0.2) is 60.7 Å². The molecular formula is C24H23N5O2S. The number of aromatic nitrogens is 3. The van der Waals surface area contributed by atoms with Crippen molar-refractivity contribution in [3.8, 4) is 17.0 Å². The van der Waals surface area contributed by atoms with Crippen molar-refractivity contribution < 1.29 is 9.53 Å². The summed E-state index contributed by atoms with van der Waals surface area (Å²) in [5, 5.41) is 12.5. The number of amides is 1. The van der Waals surface area contributed by atoms with E-state index in [1.807, 2.05) is 60.7 Å². The summed E-state index contributed by atoms with van der Waals surface area (Å²) >= 11 is 1.51. The van der Waals surface area contributed by atoms with Crippen molar-refractivity contribution in [1.82, 2.24) is 15.2 Å². The number of carbonyl (C=O) groups is 1. The van der Waals surface area contributed by atoms with Gasteiger partial charge in [0, 0.05) is 24.6 Å². The summed E-state index contributed by atoms with van der Waals surface area (Å²) in [5.41, 5.74) is 2.73. The molecule has 0 bridgehead atoms. The van der Waals surface area contributed by atoms with Crippen LogP contribution in [0.25, 0.3) is 21.5 Å². The third kappa shape index (κ3) is 4.27. The zero-order valence-corrected chi connectivity index (χ0v) is 18.5. The normalized spacial score (nSPS) is 14.5. The Morgan fingerprint density at radius 3 is 2.50 bits per heavy atom. The van der Waals surface area contributed by atoms with Gasteiger partial charge < -0.3 is 15.0 Å². The summed E-state index contributed by atoms with van der Waals surface area (Å²) in [6.07, 6.45) is 1.55. The summed E-state index contributed by atoms with van der Waals surface area (Å²) in [4.78, 5) is 19.4. The second kappa shape index (κ2) is 8.92. The van der Waals surface area contributed by atoms with E-state index in [9.17, 15) is 4.79 Å². The van der Waals surface area contributed by atoms with E-state index >= 15 is 0 Å². The van der Waals surface area contributed by atoms with Crippen LogP contribution < -0.4 is 15.0 Å². The number of piperidine rings is 1. The zero-order valence-electron chi connectivity index (χ0n) is 17.7. The second-order valence-electron chi connectivity index (χ2n) is 7.74. The van der Waals surface area contributed by atoms with E-state index < -0.39 is 0 Å². The summed E-state index contributed by atoms with van der Waals surface area (Å²) in [6, 6.07) is 19.7. The molecular weight excluding hydrogens is 422 g/mol. The van der Waals surface area contributed by atoms with Crippen LogP contribution in [0.2, 0.25) is 0 Å². The van der Waals surface area contributed by atoms with Crippen LogP contribution in [0.5, 0.6) is 5.75 Å². The molecule has 1 aliphatic heterocycles. The Morgan fingerprint density at radius 1 is 1.03 bits per heavy atom. The molecule has 8 heteroatoms. The van der Waals surface area contributed by atoms with E-state index in [0.717, 1.165) is 59.0 Å². The SMILES string of the molecule is COc1ccc(-c2ccc(N3CCC(C(=O)Nc4nc5ccccc5s4)CC3)nn2)cc1. The minimum Gasteiger partial charge on any atom is -0.497 e. The number of rotatable bonds is 5. The van der Waals surface area contributed by atoms with Gasteiger partial charge in [-0.1, -0.05) is 23.5 Å². The molecule has 162 valence electrons. The number of hydrogen-bond donors (Lipinski definition) is 1. The minimum absolute atomic E-state index is 0.0233. The van der Waals surface area contributed by atoms with Gasteiger partial charge in [0.15, 0.2) is 10.9 Å². The number of thiazole rings is 1. The molecule has 0 radical (unpaired) electrons. The van der Waals surface area contributed by atoms with Crippen molar-refractivity contribution in [2.75, 3.05) is 30.4 Å². The molecule has 1 saturated heterocycles. The van der Waals surface area contributed by atoms with Crippen molar-refractivity contribution in [3.05, 3.63) is 60.7 Å². The fourth-order valence-electron chi connectivity index (χ4n) is 3.91. The van der Waals surface area contributed by atoms with Gasteiger partial charge in [-0.25, -0.2) is 4.98 Å². The maximum Gasteiger partial charge on any atom is 0.229 e. The Hall–Kier alpha value is -3.52. The zero-order chi connectivity index (χ0) is 21.9. The molecule has 1 amide bonds. The molecule has 0 spiro atoms. The number of hydrogen-bond acceptors (Lipinski definition) is 7. The van der Waals surface area contributed by atoms with E-state index in [-0.39, 0.29) is 11.8 Å². The number of benzene rings is 2. The van der Waals surface area contributed by atoms with Crippen LogP contribution in [0.4, 0.5) is 10.9 Å². The van der Waals surface area contributed by atoms with Crippen LogP contribution in [-0.2, 0) is 4.79 Å². The molecule has 1 aliphatic rings. The van der Waals surface area contributed by atoms with Crippen LogP contribution in [0, 0.1) is 5.92 Å². The molecule has 0 atom stereocenters. The number of para-hydroxylation sites is 1. The predicted molar refractivity (Wildman–Crippen MR) is 127 cm³/mol. The maximum absolute atomic E-state index is 12.7. The Labute approximate surface area is 190 Å². The average molecular weight is 446 g/mol. The lowest BCUT2D eigenvalue weighted by Gasteiger charge is -2.31. The summed E-state index contributed by atoms with van der Waals surface area (Å²) < 4.78 is 6.28. The Bertz CT molecular complexity index is 1180. The van der Waals surface area contributed by atoms with Crippen LogP contribution in [0.3, 0.4) is 0 Å². The standard InChI is InChI=1S/C24H23N5O2S/c1-31-18-8-6-16(7-9-18)19-10-11-22(28-27-19)29-14-12-17(13-15-29)23(30)26-24-25-20-4-2-3-5-21(20)32-24/h2-11,17H,12-15H2,1H3,(H,25,26,30). The topological polar surface area (TPSA) is 80.2 Å². The number of nitrogens with one attached hydrogen (secondary N) is 1. The first-order chi connectivity index (χ1) is 15.7. The summed E-state index contributed by atoms with van der Waals surface area (Å²) in [6.45, 7) is 1.54. The summed E-state index contributed by atoms with van der Waals surface area (Å²) in [7, 11) is 1.65. The van der Waals surface area contributed by atoms with Crippen molar-refractivity contribution in [1.29, 1.82) is 0 Å². The molecule has 3 heterocycles. The highest BCUT2D eigenvalue weighted by molar-refractivity contribution is 7.22. The summed E-state index contributed by atoms with van der Waals surface area (Å²) in [5.74, 6) is 1.68. The van der Waals surface area contributed by atoms with Crippen LogP contribution >= 0.6 is 11.3 Å². The molecule has 0 aliphatic carbocycles. The van der Waals surface area contributed by atoms with Gasteiger partial charge >= 0.3 is 0 Å². The fourth-order valence-corrected chi connectivity index (χ4v) is 4.78. The number of fused-ring (bicyclic) bond motifs is 1. The first-order valence-electron chi connectivity index (χ1n) is 10.6. The number of ether oxygens (including phenoxy) is 1. The van der Waals surface area contributed by atoms with Gasteiger partial charge in [-0.2, -0.15) is 0 Å². The Kier molecular flexibility index (Phi) is 5.68. The minimum atomic E-state index is -0.0233. The van der Waals surface area contributed by atoms with Gasteiger partial charge in [0.1, 0.15) is 5.75 Å². The van der Waals surface area contributed by atoms with Crippen LogP contribution in [-0.4, -0.2) is 41.3 Å². The number of nitrogens with zero attached hydrogens (tertiary/aromatic N) is 4. The predicted octanol–water partition coefficient (Wildman–Crippen LogP) is 4.62. The lowest BCUT2D eigenvalue weighted by atomic mass is 9.96. The molecule has 7 nitrogen and oxygen atoms in total. The largest absolute Gasteiger partial charge is 0.497 e. The van der Waals surface area contributed by atoms with Gasteiger partial charge in [-0.3, -0.25) is 4.79 Å². The van der Waals surface area contributed by atoms with E-state index in [1.54, 1.807) is 7.11 Å². The third-order valence-corrected chi connectivity index (χ3v) is 6.70. The van der Waals surface area contributed by atoms with E-state index in [1.165, 1.54) is 11.3 Å². The molecule has 1 N–H and O–H groups in total. The van der Waals surface area contributed by atoms with Gasteiger partial charge in [-0.15, -0.1) is 10.2 Å². The lowest BCUT2D eigenvalue weighted by Crippen LogP contribution is -2.38. The number of carbonyl (C=O) groups excluding carboxylic acids is 1. The first-order valence-corrected chi connectivity index (χ1v) is 11.4. The quantitative estimate of drug-likeness (QED) is 0.483. The second-order valence-corrected chi connectivity index (χ2v) is 8.77. The lowest BCUT2D eigenvalue weighted by molar-refractivity contribution is -0.120. The Morgan fingerprint density at radius 2 is 1.81 bits per heavy atom. The van der Waals surface area contributed by atoms with Crippen molar-refractivity contribution in [2.24, 2.45) is 5.92 Å². The molecule has 0 unspecified atom stereocenters. The molecule has 2 aromatic carbocycles. The van der Waals surface area contributed by atoms with Gasteiger partial charge in [0.05, 0.1) is 23.0 Å². The highest BCUT2D eigenvalue weighted by Gasteiger charge is 2.26. The van der Waals surface area contributed by atoms with Crippen molar-refractivity contribution in [3.63, 3.8) is 0 Å². The monoisotopic (exact) mass is 445 g/mol. The fraction of sp³-hybridized carbons (Fsp3) is 0.250. The Balaban J connectivity index is 1.18. The highest BCUT2D eigenvalue weighted by atomic mass is 32.1. The average Bonchev–Trinajstić information content (AvgIpc) is 3.26. The third-order valence-electron chi connectivity index (χ3n) is 5.75. The molecule has 4 aromatic rings. The van der Waals surface area contributed by atoms with Gasteiger partial charge in [0.25, 0.3) is 0 Å². The smallest absolute Gasteiger partial charge is 0.229 e. The van der Waals surface area contributed by atoms with Gasteiger partial charge in [-0.05, 0) is 61.4 Å². The van der Waals surface area contributed by atoms with E-state index in [2.05, 4.69) is 25.4 Å².